The molecule has 9 nitrogen and oxygen atoms in total. The second-order valence-corrected chi connectivity index (χ2v) is 7.32. The van der Waals surface area contributed by atoms with E-state index in [1.807, 2.05) is 13.8 Å². The number of rotatable bonds is 4. The summed E-state index contributed by atoms with van der Waals surface area (Å²) in [7, 11) is 3.04. The Hall–Kier alpha value is -3.62. The van der Waals surface area contributed by atoms with E-state index in [4.69, 9.17) is 9.47 Å². The van der Waals surface area contributed by atoms with Gasteiger partial charge in [-0.1, -0.05) is 0 Å². The Labute approximate surface area is 171 Å². The molecule has 1 N–H and O–H groups in total. The summed E-state index contributed by atoms with van der Waals surface area (Å²) in [6, 6.07) is 5.22. The van der Waals surface area contributed by atoms with Crippen molar-refractivity contribution < 1.29 is 14.3 Å². The van der Waals surface area contributed by atoms with Crippen LogP contribution in [0, 0.1) is 13.8 Å². The molecule has 0 saturated carbocycles. The number of aryl methyl sites for hydroxylation is 3. The molecule has 2 aromatic heterocycles. The lowest BCUT2D eigenvalue weighted by atomic mass is 10.00. The Morgan fingerprint density at radius 2 is 1.87 bits per heavy atom. The van der Waals surface area contributed by atoms with E-state index in [0.29, 0.717) is 40.3 Å². The number of hydrogen-bond acceptors (Lipinski definition) is 6. The maximum absolute atomic E-state index is 12.7. The summed E-state index contributed by atoms with van der Waals surface area (Å²) in [5, 5.41) is 3.25. The molecule has 0 aliphatic carbocycles. The number of fused-ring (bicyclic) bond motifs is 2. The summed E-state index contributed by atoms with van der Waals surface area (Å²) in [5.74, 6) is 1.08. The van der Waals surface area contributed by atoms with Gasteiger partial charge in [-0.25, -0.2) is 9.78 Å². The zero-order valence-electron chi connectivity index (χ0n) is 17.2. The third-order valence-electron chi connectivity index (χ3n) is 5.43. The van der Waals surface area contributed by atoms with E-state index in [-0.39, 0.29) is 24.7 Å². The largest absolute Gasteiger partial charge is 0.454 e. The predicted molar refractivity (Wildman–Crippen MR) is 111 cm³/mol. The first-order valence-corrected chi connectivity index (χ1v) is 9.53. The van der Waals surface area contributed by atoms with Gasteiger partial charge >= 0.3 is 5.69 Å². The van der Waals surface area contributed by atoms with Crippen molar-refractivity contribution in [3.8, 4) is 11.5 Å². The minimum Gasteiger partial charge on any atom is -0.454 e. The van der Waals surface area contributed by atoms with Crippen molar-refractivity contribution in [3.63, 3.8) is 0 Å². The molecule has 1 aliphatic rings. The van der Waals surface area contributed by atoms with E-state index < -0.39 is 5.69 Å². The van der Waals surface area contributed by atoms with Crippen LogP contribution in [0.25, 0.3) is 11.0 Å². The molecule has 30 heavy (non-hydrogen) atoms. The molecule has 0 radical (unpaired) electrons. The van der Waals surface area contributed by atoms with Gasteiger partial charge in [0.15, 0.2) is 11.5 Å². The average Bonchev–Trinajstić information content (AvgIpc) is 3.18. The Bertz CT molecular complexity index is 1310. The van der Waals surface area contributed by atoms with Crippen LogP contribution in [-0.2, 0) is 25.3 Å². The van der Waals surface area contributed by atoms with Crippen LogP contribution in [0.1, 0.15) is 23.2 Å². The molecular formula is C21H22N4O5. The number of benzene rings is 1. The normalized spacial score (nSPS) is 12.4. The van der Waals surface area contributed by atoms with Crippen LogP contribution in [0.2, 0.25) is 0 Å². The van der Waals surface area contributed by atoms with Crippen LogP contribution in [0.5, 0.6) is 11.5 Å². The topological polar surface area (TPSA) is 104 Å². The van der Waals surface area contributed by atoms with E-state index >= 15 is 0 Å². The number of amides is 1. The first-order valence-electron chi connectivity index (χ1n) is 9.53. The number of ether oxygens (including phenoxy) is 2. The summed E-state index contributed by atoms with van der Waals surface area (Å²) in [6.07, 6.45) is 0.637. The maximum Gasteiger partial charge on any atom is 0.332 e. The van der Waals surface area contributed by atoms with Gasteiger partial charge in [0.05, 0.1) is 5.39 Å². The molecule has 1 amide bonds. The number of aromatic nitrogens is 3. The lowest BCUT2D eigenvalue weighted by Gasteiger charge is -2.15. The lowest BCUT2D eigenvalue weighted by Crippen LogP contribution is -2.38. The molecule has 4 rings (SSSR count). The van der Waals surface area contributed by atoms with Gasteiger partial charge in [0.2, 0.25) is 12.7 Å². The quantitative estimate of drug-likeness (QED) is 0.700. The SMILES string of the molecule is Cc1nc2c(c(C)c1CCC(=O)Nc1ccc3c(c1)OCO3)c(=O)n(C)c(=O)n2C. The fourth-order valence-electron chi connectivity index (χ4n) is 3.75. The predicted octanol–water partition coefficient (Wildman–Crippen LogP) is 1.55. The zero-order chi connectivity index (χ0) is 21.6. The molecule has 0 unspecified atom stereocenters. The van der Waals surface area contributed by atoms with Crippen molar-refractivity contribution in [1.82, 2.24) is 14.1 Å². The number of pyridine rings is 1. The van der Waals surface area contributed by atoms with Crippen LogP contribution in [0.3, 0.4) is 0 Å². The van der Waals surface area contributed by atoms with E-state index in [9.17, 15) is 14.4 Å². The average molecular weight is 410 g/mol. The minimum atomic E-state index is -0.422. The second kappa shape index (κ2) is 7.33. The molecule has 1 aliphatic heterocycles. The fraction of sp³-hybridized carbons (Fsp3) is 0.333. The lowest BCUT2D eigenvalue weighted by molar-refractivity contribution is -0.116. The van der Waals surface area contributed by atoms with Crippen molar-refractivity contribution in [2.24, 2.45) is 14.1 Å². The van der Waals surface area contributed by atoms with Crippen LogP contribution in [0.15, 0.2) is 27.8 Å². The summed E-state index contributed by atoms with van der Waals surface area (Å²) in [6.45, 7) is 3.82. The molecule has 0 saturated heterocycles. The van der Waals surface area contributed by atoms with Gasteiger partial charge in [0.1, 0.15) is 5.65 Å². The maximum atomic E-state index is 12.7. The molecule has 0 fully saturated rings. The first-order chi connectivity index (χ1) is 14.3. The summed E-state index contributed by atoms with van der Waals surface area (Å²) in [5.41, 5.74) is 2.44. The van der Waals surface area contributed by atoms with Gasteiger partial charge in [-0.2, -0.15) is 0 Å². The van der Waals surface area contributed by atoms with Crippen molar-refractivity contribution in [2.45, 2.75) is 26.7 Å². The van der Waals surface area contributed by atoms with E-state index in [0.717, 1.165) is 15.7 Å². The monoisotopic (exact) mass is 410 g/mol. The fourth-order valence-corrected chi connectivity index (χ4v) is 3.75. The highest BCUT2D eigenvalue weighted by atomic mass is 16.7. The number of carbonyl (C=O) groups excluding carboxylic acids is 1. The summed E-state index contributed by atoms with van der Waals surface area (Å²) >= 11 is 0. The van der Waals surface area contributed by atoms with E-state index in [1.54, 1.807) is 25.2 Å². The standard InChI is InChI=1S/C21H22N4O5/c1-11-14(12(2)22-19-18(11)20(27)25(4)21(28)24(19)3)6-8-17(26)23-13-5-7-15-16(9-13)30-10-29-15/h5,7,9H,6,8,10H2,1-4H3,(H,23,26). The van der Waals surface area contributed by atoms with Gasteiger partial charge < -0.3 is 14.8 Å². The Morgan fingerprint density at radius 3 is 2.63 bits per heavy atom. The van der Waals surface area contributed by atoms with E-state index in [1.165, 1.54) is 11.6 Å². The number of hydrogen-bond donors (Lipinski definition) is 1. The third kappa shape index (κ3) is 3.22. The zero-order valence-corrected chi connectivity index (χ0v) is 17.2. The molecule has 1 aromatic carbocycles. The first kappa shape index (κ1) is 19.7. The summed E-state index contributed by atoms with van der Waals surface area (Å²) in [4.78, 5) is 41.8. The Morgan fingerprint density at radius 1 is 1.13 bits per heavy atom. The van der Waals surface area contributed by atoms with Crippen molar-refractivity contribution in [3.05, 3.63) is 55.9 Å². The molecule has 3 heterocycles. The number of anilines is 1. The van der Waals surface area contributed by atoms with Crippen LogP contribution < -0.4 is 26.0 Å². The molecule has 0 bridgehead atoms. The van der Waals surface area contributed by atoms with Crippen LogP contribution >= 0.6 is 0 Å². The molecule has 156 valence electrons. The second-order valence-electron chi connectivity index (χ2n) is 7.32. The summed E-state index contributed by atoms with van der Waals surface area (Å²) < 4.78 is 13.0. The highest BCUT2D eigenvalue weighted by Gasteiger charge is 2.18. The Kier molecular flexibility index (Phi) is 4.81. The minimum absolute atomic E-state index is 0.166. The number of nitrogens with one attached hydrogen (secondary N) is 1. The molecule has 0 atom stereocenters. The molecule has 3 aromatic rings. The highest BCUT2D eigenvalue weighted by molar-refractivity contribution is 5.91. The van der Waals surface area contributed by atoms with Crippen LogP contribution in [0.4, 0.5) is 5.69 Å². The van der Waals surface area contributed by atoms with Gasteiger partial charge in [-0.3, -0.25) is 18.7 Å². The van der Waals surface area contributed by atoms with E-state index in [2.05, 4.69) is 10.3 Å². The van der Waals surface area contributed by atoms with Gasteiger partial charge in [-0.15, -0.1) is 0 Å². The van der Waals surface area contributed by atoms with Crippen molar-refractivity contribution >= 4 is 22.6 Å². The van der Waals surface area contributed by atoms with Crippen molar-refractivity contribution in [2.75, 3.05) is 12.1 Å². The van der Waals surface area contributed by atoms with Gasteiger partial charge in [0.25, 0.3) is 5.56 Å². The molecule has 9 heteroatoms. The smallest absolute Gasteiger partial charge is 0.332 e. The number of carbonyl (C=O) groups is 1. The molecule has 0 spiro atoms. The molecular weight excluding hydrogens is 388 g/mol. The van der Waals surface area contributed by atoms with Crippen molar-refractivity contribution in [1.29, 1.82) is 0 Å². The van der Waals surface area contributed by atoms with Gasteiger partial charge in [-0.05, 0) is 43.5 Å². The van der Waals surface area contributed by atoms with Crippen LogP contribution in [-0.4, -0.2) is 26.8 Å². The third-order valence-corrected chi connectivity index (χ3v) is 5.43. The number of nitrogens with zero attached hydrogens (tertiary/aromatic N) is 3. The Balaban J connectivity index is 1.59. The highest BCUT2D eigenvalue weighted by Crippen LogP contribution is 2.34. The van der Waals surface area contributed by atoms with Gasteiger partial charge in [0, 0.05) is 38.0 Å².